The number of rotatable bonds is 6. The van der Waals surface area contributed by atoms with Gasteiger partial charge in [-0.2, -0.15) is 0 Å². The third-order valence-electron chi connectivity index (χ3n) is 2.76. The van der Waals surface area contributed by atoms with Gasteiger partial charge >= 0.3 is 5.97 Å². The lowest BCUT2D eigenvalue weighted by atomic mass is 10.1. The molecule has 1 aromatic carbocycles. The van der Waals surface area contributed by atoms with Crippen molar-refractivity contribution in [1.29, 1.82) is 0 Å². The van der Waals surface area contributed by atoms with Crippen LogP contribution in [-0.4, -0.2) is 32.1 Å². The molecule has 0 bridgehead atoms. The van der Waals surface area contributed by atoms with Gasteiger partial charge in [-0.1, -0.05) is 0 Å². The Morgan fingerprint density at radius 3 is 2.86 bits per heavy atom. The first-order valence-corrected chi connectivity index (χ1v) is 5.90. The smallest absolute Gasteiger partial charge is 0.338 e. The number of halogens is 1. The molecule has 0 fully saturated rings. The van der Waals surface area contributed by atoms with Crippen LogP contribution in [0.3, 0.4) is 0 Å². The number of nitro benzene ring substituents is 1. The van der Waals surface area contributed by atoms with Crippen molar-refractivity contribution < 1.29 is 19.2 Å². The van der Waals surface area contributed by atoms with Gasteiger partial charge in [0.1, 0.15) is 11.5 Å². The maximum absolute atomic E-state index is 13.5. The Kier molecular flexibility index (Phi) is 4.12. The molecule has 0 spiro atoms. The molecule has 1 aromatic heterocycles. The summed E-state index contributed by atoms with van der Waals surface area (Å²) in [5, 5.41) is 22.5. The quantitative estimate of drug-likeness (QED) is 0.620. The van der Waals surface area contributed by atoms with Crippen molar-refractivity contribution in [3.8, 4) is 0 Å². The Labute approximate surface area is 118 Å². The number of imidazole rings is 1. The van der Waals surface area contributed by atoms with E-state index in [1.807, 2.05) is 0 Å². The monoisotopic (exact) mass is 294 g/mol. The van der Waals surface area contributed by atoms with Crippen LogP contribution in [0, 0.1) is 15.9 Å². The van der Waals surface area contributed by atoms with Crippen LogP contribution >= 0.6 is 0 Å². The number of nitro groups is 1. The van der Waals surface area contributed by atoms with Crippen molar-refractivity contribution in [3.63, 3.8) is 0 Å². The van der Waals surface area contributed by atoms with E-state index in [0.717, 1.165) is 6.07 Å². The Morgan fingerprint density at radius 2 is 2.29 bits per heavy atom. The topological polar surface area (TPSA) is 110 Å². The average Bonchev–Trinajstić information content (AvgIpc) is 2.92. The molecule has 2 N–H and O–H groups in total. The molecule has 0 atom stereocenters. The highest BCUT2D eigenvalue weighted by Gasteiger charge is 2.21. The summed E-state index contributed by atoms with van der Waals surface area (Å²) in [7, 11) is 0. The van der Waals surface area contributed by atoms with Crippen molar-refractivity contribution in [2.45, 2.75) is 6.54 Å². The minimum Gasteiger partial charge on any atom is -0.478 e. The zero-order valence-electron chi connectivity index (χ0n) is 10.7. The SMILES string of the molecule is O=C(O)c1cc(NCCn2ccnc2)c([N+](=O)[O-])cc1F. The van der Waals surface area contributed by atoms with E-state index in [0.29, 0.717) is 19.2 Å². The highest BCUT2D eigenvalue weighted by molar-refractivity contribution is 5.90. The molecular weight excluding hydrogens is 283 g/mol. The predicted molar refractivity (Wildman–Crippen MR) is 70.7 cm³/mol. The van der Waals surface area contributed by atoms with E-state index in [1.54, 1.807) is 23.3 Å². The number of nitrogens with zero attached hydrogens (tertiary/aromatic N) is 3. The fourth-order valence-electron chi connectivity index (χ4n) is 1.76. The maximum Gasteiger partial charge on any atom is 0.338 e. The first-order valence-electron chi connectivity index (χ1n) is 5.90. The summed E-state index contributed by atoms with van der Waals surface area (Å²) in [6.07, 6.45) is 4.87. The minimum absolute atomic E-state index is 0.0427. The molecule has 0 amide bonds. The number of benzene rings is 1. The first kappa shape index (κ1) is 14.4. The number of aromatic nitrogens is 2. The molecule has 0 radical (unpaired) electrons. The van der Waals surface area contributed by atoms with Gasteiger partial charge in [-0.3, -0.25) is 10.1 Å². The Balaban J connectivity index is 2.21. The molecular formula is C12H11FN4O4. The van der Waals surface area contributed by atoms with E-state index in [-0.39, 0.29) is 5.69 Å². The van der Waals surface area contributed by atoms with Crippen LogP contribution < -0.4 is 5.32 Å². The van der Waals surface area contributed by atoms with Crippen LogP contribution in [0.25, 0.3) is 0 Å². The van der Waals surface area contributed by atoms with E-state index < -0.39 is 28.0 Å². The third-order valence-corrected chi connectivity index (χ3v) is 2.76. The van der Waals surface area contributed by atoms with Gasteiger partial charge in [0.05, 0.1) is 22.9 Å². The normalized spacial score (nSPS) is 10.3. The minimum atomic E-state index is -1.49. The molecule has 0 saturated carbocycles. The largest absolute Gasteiger partial charge is 0.478 e. The fourth-order valence-corrected chi connectivity index (χ4v) is 1.76. The number of aromatic carboxylic acids is 1. The van der Waals surface area contributed by atoms with Gasteiger partial charge in [-0.05, 0) is 6.07 Å². The predicted octanol–water partition coefficient (Wildman–Crippen LogP) is 1.74. The number of carbonyl (C=O) groups is 1. The summed E-state index contributed by atoms with van der Waals surface area (Å²) in [5.41, 5.74) is -1.17. The molecule has 2 aromatic rings. The van der Waals surface area contributed by atoms with Gasteiger partial charge in [0.25, 0.3) is 5.69 Å². The number of hydrogen-bond donors (Lipinski definition) is 2. The zero-order valence-corrected chi connectivity index (χ0v) is 10.7. The van der Waals surface area contributed by atoms with Gasteiger partial charge in [0.2, 0.25) is 0 Å². The van der Waals surface area contributed by atoms with E-state index in [2.05, 4.69) is 10.3 Å². The summed E-state index contributed by atoms with van der Waals surface area (Å²) >= 11 is 0. The molecule has 9 heteroatoms. The Hall–Kier alpha value is -2.97. The summed E-state index contributed by atoms with van der Waals surface area (Å²) in [4.78, 5) is 24.8. The van der Waals surface area contributed by atoms with Crippen molar-refractivity contribution >= 4 is 17.3 Å². The molecule has 0 unspecified atom stereocenters. The molecule has 0 saturated heterocycles. The number of carboxylic acid groups (broad SMARTS) is 1. The second-order valence-electron chi connectivity index (χ2n) is 4.14. The summed E-state index contributed by atoms with van der Waals surface area (Å²) < 4.78 is 15.2. The molecule has 0 aliphatic rings. The molecule has 110 valence electrons. The molecule has 2 rings (SSSR count). The number of carboxylic acids is 1. The van der Waals surface area contributed by atoms with Crippen molar-refractivity contribution in [1.82, 2.24) is 9.55 Å². The molecule has 1 heterocycles. The summed E-state index contributed by atoms with van der Waals surface area (Å²) in [6.45, 7) is 0.763. The van der Waals surface area contributed by atoms with Gasteiger partial charge in [0.15, 0.2) is 0 Å². The van der Waals surface area contributed by atoms with E-state index in [9.17, 15) is 19.3 Å². The summed E-state index contributed by atoms with van der Waals surface area (Å²) in [6, 6.07) is 1.52. The van der Waals surface area contributed by atoms with Crippen molar-refractivity contribution in [3.05, 3.63) is 52.3 Å². The standard InChI is InChI=1S/C12H11FN4O4/c13-9-6-11(17(20)21)10(5-8(9)12(18)19)15-2-4-16-3-1-14-7-16/h1,3,5-7,15H,2,4H2,(H,18,19). The molecule has 0 aliphatic carbocycles. The molecule has 21 heavy (non-hydrogen) atoms. The van der Waals surface area contributed by atoms with Gasteiger partial charge in [-0.25, -0.2) is 14.2 Å². The maximum atomic E-state index is 13.5. The van der Waals surface area contributed by atoms with Gasteiger partial charge in [-0.15, -0.1) is 0 Å². The average molecular weight is 294 g/mol. The van der Waals surface area contributed by atoms with E-state index in [4.69, 9.17) is 5.11 Å². The number of anilines is 1. The highest BCUT2D eigenvalue weighted by atomic mass is 19.1. The van der Waals surface area contributed by atoms with E-state index in [1.165, 1.54) is 0 Å². The van der Waals surface area contributed by atoms with Crippen LogP contribution in [0.1, 0.15) is 10.4 Å². The van der Waals surface area contributed by atoms with Crippen LogP contribution in [0.15, 0.2) is 30.9 Å². The second-order valence-corrected chi connectivity index (χ2v) is 4.14. The van der Waals surface area contributed by atoms with Crippen molar-refractivity contribution in [2.75, 3.05) is 11.9 Å². The van der Waals surface area contributed by atoms with Gasteiger partial charge < -0.3 is 15.0 Å². The number of hydrogen-bond acceptors (Lipinski definition) is 5. The van der Waals surface area contributed by atoms with Gasteiger partial charge in [0, 0.05) is 25.5 Å². The zero-order chi connectivity index (χ0) is 15.4. The second kappa shape index (κ2) is 5.99. The highest BCUT2D eigenvalue weighted by Crippen LogP contribution is 2.27. The Bertz CT molecular complexity index is 672. The fraction of sp³-hybridized carbons (Fsp3) is 0.167. The lowest BCUT2D eigenvalue weighted by Crippen LogP contribution is -2.12. The molecule has 8 nitrogen and oxygen atoms in total. The van der Waals surface area contributed by atoms with E-state index >= 15 is 0 Å². The first-order chi connectivity index (χ1) is 9.99. The summed E-state index contributed by atoms with van der Waals surface area (Å²) in [5.74, 6) is -2.63. The lowest BCUT2D eigenvalue weighted by molar-refractivity contribution is -0.384. The lowest BCUT2D eigenvalue weighted by Gasteiger charge is -2.09. The molecule has 0 aliphatic heterocycles. The van der Waals surface area contributed by atoms with Crippen LogP contribution in [-0.2, 0) is 6.54 Å². The van der Waals surface area contributed by atoms with Crippen LogP contribution in [0.4, 0.5) is 15.8 Å². The van der Waals surface area contributed by atoms with Crippen LogP contribution in [0.5, 0.6) is 0 Å². The van der Waals surface area contributed by atoms with Crippen molar-refractivity contribution in [2.24, 2.45) is 0 Å². The number of nitrogens with one attached hydrogen (secondary N) is 1. The Morgan fingerprint density at radius 1 is 1.52 bits per heavy atom. The third kappa shape index (κ3) is 3.32. The van der Waals surface area contributed by atoms with Crippen LogP contribution in [0.2, 0.25) is 0 Å².